The van der Waals surface area contributed by atoms with E-state index < -0.39 is 63.1 Å². The molecule has 9 nitrogen and oxygen atoms in total. The molecule has 0 spiro atoms. The number of unbranched alkanes of at least 4 members (excludes halogenated alkanes) is 15. The molecule has 0 radical (unpaired) electrons. The van der Waals surface area contributed by atoms with Crippen molar-refractivity contribution in [3.63, 3.8) is 0 Å². The maximum absolute atomic E-state index is 14.7. The summed E-state index contributed by atoms with van der Waals surface area (Å²) in [5.74, 6) is -8.79. The summed E-state index contributed by atoms with van der Waals surface area (Å²) in [4.78, 5) is 43.6. The van der Waals surface area contributed by atoms with E-state index in [0.29, 0.717) is 56.7 Å². The fraction of sp³-hybridized carbons (Fsp3) is 0.661. The summed E-state index contributed by atoms with van der Waals surface area (Å²) in [7, 11) is 0. The van der Waals surface area contributed by atoms with Gasteiger partial charge in [-0.25, -0.2) is 0 Å². The van der Waals surface area contributed by atoms with Crippen LogP contribution < -0.4 is 0 Å². The number of rotatable bonds is 28. The summed E-state index contributed by atoms with van der Waals surface area (Å²) in [6.07, 6.45) is 18.3. The Balaban J connectivity index is 2.34. The van der Waals surface area contributed by atoms with E-state index in [1.54, 1.807) is 59.7 Å². The van der Waals surface area contributed by atoms with E-state index in [4.69, 9.17) is 0 Å². The quantitative estimate of drug-likeness (QED) is 0.0385. The summed E-state index contributed by atoms with van der Waals surface area (Å²) < 4.78 is -1.98. The number of carbonyl (C=O) groups is 3. The standard InChI is InChI=1S/C62H96O9S/c1-17-18-19-20-21-22-23-24-25-26-27-28-29-30-31-32-33-72-62(51(57(68)69)49-39(3)35-46(60(11,12)13)54(64)42(49)6,52(58(70)71)50-40(4)36-47(61(14,15)16)55(65)43(50)7)37-44(56(66)67)48-38(2)34-45(59(8,9)10)53(63)41(48)5/h34-36,44,51-52,63-65H,17-33,37H2,1-16H3,(H,66,67)(H,68,69)(H,70,71). The van der Waals surface area contributed by atoms with Gasteiger partial charge in [0.1, 0.15) is 17.2 Å². The Kier molecular flexibility index (Phi) is 22.7. The Hall–Kier alpha value is -4.18. The first-order valence-corrected chi connectivity index (χ1v) is 28.2. The average Bonchev–Trinajstić information content (AvgIpc) is 3.26. The van der Waals surface area contributed by atoms with E-state index >= 15 is 0 Å². The molecule has 0 fully saturated rings. The molecule has 0 bridgehead atoms. The molecule has 404 valence electrons. The zero-order valence-electron chi connectivity index (χ0n) is 47.5. The number of thioether (sulfide) groups is 1. The maximum Gasteiger partial charge on any atom is 0.312 e. The molecule has 72 heavy (non-hydrogen) atoms. The topological polar surface area (TPSA) is 173 Å². The van der Waals surface area contributed by atoms with Gasteiger partial charge < -0.3 is 30.6 Å². The molecule has 3 aromatic carbocycles. The number of aryl methyl sites for hydroxylation is 3. The van der Waals surface area contributed by atoms with Crippen LogP contribution in [0.2, 0.25) is 0 Å². The van der Waals surface area contributed by atoms with Gasteiger partial charge in [-0.15, -0.1) is 0 Å². The van der Waals surface area contributed by atoms with Crippen LogP contribution in [0.15, 0.2) is 18.2 Å². The average molecular weight is 1020 g/mol. The third-order valence-corrected chi connectivity index (χ3v) is 17.1. The predicted octanol–water partition coefficient (Wildman–Crippen LogP) is 16.6. The molecule has 3 rings (SSSR count). The molecule has 10 heteroatoms. The first-order valence-electron chi connectivity index (χ1n) is 27.2. The third-order valence-electron chi connectivity index (χ3n) is 15.4. The molecular formula is C62H96O9S. The lowest BCUT2D eigenvalue weighted by Gasteiger charge is -2.46. The molecule has 0 saturated carbocycles. The van der Waals surface area contributed by atoms with Crippen LogP contribution in [0, 0.1) is 41.5 Å². The first-order chi connectivity index (χ1) is 33.4. The largest absolute Gasteiger partial charge is 0.507 e. The Morgan fingerprint density at radius 2 is 0.722 bits per heavy atom. The van der Waals surface area contributed by atoms with Gasteiger partial charge >= 0.3 is 17.9 Å². The number of phenolic OH excluding ortho intramolecular Hbond substituents is 3. The first kappa shape index (κ1) is 62.1. The molecule has 0 heterocycles. The normalized spacial score (nSPS) is 14.5. The van der Waals surface area contributed by atoms with Crippen molar-refractivity contribution >= 4 is 29.7 Å². The van der Waals surface area contributed by atoms with Gasteiger partial charge in [0.15, 0.2) is 0 Å². The number of phenols is 3. The summed E-state index contributed by atoms with van der Waals surface area (Å²) in [6, 6.07) is 5.35. The number of carboxylic acids is 3. The van der Waals surface area contributed by atoms with Crippen molar-refractivity contribution in [1.82, 2.24) is 0 Å². The smallest absolute Gasteiger partial charge is 0.312 e. The number of carboxylic acid groups (broad SMARTS) is 3. The van der Waals surface area contributed by atoms with E-state index in [9.17, 15) is 45.0 Å². The van der Waals surface area contributed by atoms with Crippen molar-refractivity contribution in [1.29, 1.82) is 0 Å². The number of aromatic hydroxyl groups is 3. The van der Waals surface area contributed by atoms with Gasteiger partial charge in [0, 0.05) is 0 Å². The van der Waals surface area contributed by atoms with Crippen LogP contribution in [-0.2, 0) is 30.6 Å². The summed E-state index contributed by atoms with van der Waals surface area (Å²) in [5, 5.41) is 71.4. The second-order valence-electron chi connectivity index (χ2n) is 24.4. The Morgan fingerprint density at radius 3 is 1.00 bits per heavy atom. The van der Waals surface area contributed by atoms with E-state index in [0.717, 1.165) is 25.7 Å². The molecule has 6 N–H and O–H groups in total. The van der Waals surface area contributed by atoms with Crippen LogP contribution in [-0.4, -0.2) is 59.0 Å². The van der Waals surface area contributed by atoms with Gasteiger partial charge in [-0.05, 0) is 143 Å². The third kappa shape index (κ3) is 15.2. The fourth-order valence-corrected chi connectivity index (χ4v) is 13.2. The fourth-order valence-electron chi connectivity index (χ4n) is 11.4. The lowest BCUT2D eigenvalue weighted by atomic mass is 9.65. The molecule has 0 saturated heterocycles. The minimum atomic E-state index is -1.98. The maximum atomic E-state index is 14.7. The van der Waals surface area contributed by atoms with Gasteiger partial charge in [-0.2, -0.15) is 11.8 Å². The highest BCUT2D eigenvalue weighted by atomic mass is 32.2. The summed E-state index contributed by atoms with van der Waals surface area (Å²) in [5.41, 5.74) is 3.57. The van der Waals surface area contributed by atoms with Gasteiger partial charge in [-0.1, -0.05) is 184 Å². The zero-order chi connectivity index (χ0) is 54.7. The van der Waals surface area contributed by atoms with Gasteiger partial charge in [-0.3, -0.25) is 14.4 Å². The van der Waals surface area contributed by atoms with Crippen LogP contribution in [0.1, 0.15) is 263 Å². The van der Waals surface area contributed by atoms with Gasteiger partial charge in [0.2, 0.25) is 0 Å². The molecule has 0 amide bonds. The Morgan fingerprint density at radius 1 is 0.444 bits per heavy atom. The molecule has 3 atom stereocenters. The van der Waals surface area contributed by atoms with Crippen molar-refractivity contribution in [3.05, 3.63) is 85.0 Å². The molecule has 0 aliphatic carbocycles. The van der Waals surface area contributed by atoms with E-state index in [1.165, 1.54) is 82.4 Å². The SMILES string of the molecule is CCCCCCCCCCCCCCCCCCSC(CC(C(=O)O)c1c(C)cc(C(C)(C)C)c(O)c1C)(C(C(=O)O)c1c(C)cc(C(C)(C)C)c(O)c1C)C(C(=O)O)c1c(C)cc(C(C)(C)C)c(O)c1C. The van der Waals surface area contributed by atoms with Crippen molar-refractivity contribution in [3.8, 4) is 17.2 Å². The highest BCUT2D eigenvalue weighted by Crippen LogP contribution is 2.59. The van der Waals surface area contributed by atoms with E-state index in [1.807, 2.05) is 62.3 Å². The molecule has 3 unspecified atom stereocenters. The van der Waals surface area contributed by atoms with Crippen LogP contribution in [0.3, 0.4) is 0 Å². The van der Waals surface area contributed by atoms with Gasteiger partial charge in [0.05, 0.1) is 22.5 Å². The van der Waals surface area contributed by atoms with E-state index in [-0.39, 0.29) is 39.5 Å². The van der Waals surface area contributed by atoms with Crippen molar-refractivity contribution in [2.45, 2.75) is 259 Å². The molecular weight excluding hydrogens is 921 g/mol. The lowest BCUT2D eigenvalue weighted by Crippen LogP contribution is -2.49. The number of hydrogen-bond acceptors (Lipinski definition) is 7. The Bertz CT molecular complexity index is 2230. The predicted molar refractivity (Wildman–Crippen MR) is 299 cm³/mol. The highest BCUT2D eigenvalue weighted by Gasteiger charge is 2.57. The minimum Gasteiger partial charge on any atom is -0.507 e. The minimum absolute atomic E-state index is 0.0610. The molecule has 0 aromatic heterocycles. The number of benzene rings is 3. The van der Waals surface area contributed by atoms with Crippen LogP contribution >= 0.6 is 11.8 Å². The highest BCUT2D eigenvalue weighted by molar-refractivity contribution is 8.00. The zero-order valence-corrected chi connectivity index (χ0v) is 48.3. The number of aliphatic carboxylic acids is 3. The molecule has 0 aliphatic rings. The van der Waals surface area contributed by atoms with Crippen LogP contribution in [0.5, 0.6) is 17.2 Å². The lowest BCUT2D eigenvalue weighted by molar-refractivity contribution is -0.145. The second-order valence-corrected chi connectivity index (χ2v) is 25.8. The molecule has 0 aliphatic heterocycles. The van der Waals surface area contributed by atoms with Crippen LogP contribution in [0.25, 0.3) is 0 Å². The van der Waals surface area contributed by atoms with Crippen molar-refractivity contribution in [2.24, 2.45) is 0 Å². The van der Waals surface area contributed by atoms with Crippen molar-refractivity contribution < 1.29 is 45.0 Å². The Labute approximate surface area is 439 Å². The van der Waals surface area contributed by atoms with E-state index in [2.05, 4.69) is 6.92 Å². The summed E-state index contributed by atoms with van der Waals surface area (Å²) >= 11 is 1.20. The summed E-state index contributed by atoms with van der Waals surface area (Å²) in [6.45, 7) is 30.2. The monoisotopic (exact) mass is 1020 g/mol. The number of hydrogen-bond donors (Lipinski definition) is 6. The van der Waals surface area contributed by atoms with Crippen molar-refractivity contribution in [2.75, 3.05) is 5.75 Å². The molecule has 3 aromatic rings. The van der Waals surface area contributed by atoms with Gasteiger partial charge in [0.25, 0.3) is 0 Å². The second kappa shape index (κ2) is 26.3. The van der Waals surface area contributed by atoms with Crippen LogP contribution in [0.4, 0.5) is 0 Å².